The standard InChI is InChI=1S/C23H20Cl2N2O4S/c24-18-8-5-16(11-19(18)25)14-31-17-6-3-15(4-7-17)12-20-22(29)27(23(30)32-20)13-21(28)26-9-1-2-10-26/h3-8,11-12H,1-2,9-10,13-14H2/b20-12+. The molecule has 0 aliphatic carbocycles. The lowest BCUT2D eigenvalue weighted by atomic mass is 10.2. The quantitative estimate of drug-likeness (QED) is 0.518. The molecular weight excluding hydrogens is 471 g/mol. The molecule has 2 aliphatic heterocycles. The van der Waals surface area contributed by atoms with Crippen LogP contribution in [0.3, 0.4) is 0 Å². The molecule has 0 unspecified atom stereocenters. The molecule has 4 rings (SSSR count). The molecule has 2 saturated heterocycles. The number of imide groups is 1. The van der Waals surface area contributed by atoms with Gasteiger partial charge in [-0.25, -0.2) is 0 Å². The first-order valence-corrected chi connectivity index (χ1v) is 11.7. The number of nitrogens with zero attached hydrogens (tertiary/aromatic N) is 2. The van der Waals surface area contributed by atoms with Crippen molar-refractivity contribution in [3.63, 3.8) is 0 Å². The minimum absolute atomic E-state index is 0.186. The van der Waals surface area contributed by atoms with E-state index in [2.05, 4.69) is 0 Å². The Morgan fingerprint density at radius 1 is 1.03 bits per heavy atom. The zero-order valence-corrected chi connectivity index (χ0v) is 19.4. The summed E-state index contributed by atoms with van der Waals surface area (Å²) in [6.07, 6.45) is 3.56. The predicted octanol–water partition coefficient (Wildman–Crippen LogP) is 5.23. The molecule has 9 heteroatoms. The van der Waals surface area contributed by atoms with E-state index in [1.807, 2.05) is 6.07 Å². The molecule has 0 saturated carbocycles. The van der Waals surface area contributed by atoms with Crippen LogP contribution >= 0.6 is 35.0 Å². The molecule has 2 aromatic rings. The molecule has 2 heterocycles. The van der Waals surface area contributed by atoms with E-state index in [4.69, 9.17) is 27.9 Å². The maximum absolute atomic E-state index is 12.6. The zero-order chi connectivity index (χ0) is 22.7. The van der Waals surface area contributed by atoms with Gasteiger partial charge in [-0.15, -0.1) is 0 Å². The van der Waals surface area contributed by atoms with Crippen molar-refractivity contribution >= 4 is 58.1 Å². The molecule has 0 aromatic heterocycles. The van der Waals surface area contributed by atoms with Crippen LogP contribution in [0.4, 0.5) is 4.79 Å². The average molecular weight is 491 g/mol. The number of carbonyl (C=O) groups is 3. The fraction of sp³-hybridized carbons (Fsp3) is 0.261. The average Bonchev–Trinajstić information content (AvgIpc) is 3.41. The third-order valence-electron chi connectivity index (χ3n) is 5.19. The van der Waals surface area contributed by atoms with Gasteiger partial charge >= 0.3 is 0 Å². The highest BCUT2D eigenvalue weighted by Gasteiger charge is 2.37. The molecular formula is C23H20Cl2N2O4S. The summed E-state index contributed by atoms with van der Waals surface area (Å²) in [7, 11) is 0. The maximum Gasteiger partial charge on any atom is 0.294 e. The van der Waals surface area contributed by atoms with E-state index < -0.39 is 11.1 Å². The van der Waals surface area contributed by atoms with Gasteiger partial charge in [0, 0.05) is 13.1 Å². The van der Waals surface area contributed by atoms with Gasteiger partial charge in [0.25, 0.3) is 11.1 Å². The smallest absolute Gasteiger partial charge is 0.294 e. The first-order valence-electron chi connectivity index (χ1n) is 10.1. The third kappa shape index (κ3) is 5.28. The van der Waals surface area contributed by atoms with Crippen LogP contribution in [0.1, 0.15) is 24.0 Å². The lowest BCUT2D eigenvalue weighted by Crippen LogP contribution is -2.40. The van der Waals surface area contributed by atoms with Gasteiger partial charge in [0.05, 0.1) is 15.0 Å². The highest BCUT2D eigenvalue weighted by atomic mass is 35.5. The summed E-state index contributed by atoms with van der Waals surface area (Å²) in [6, 6.07) is 12.5. The van der Waals surface area contributed by atoms with E-state index in [0.29, 0.717) is 40.4 Å². The second kappa shape index (κ2) is 9.98. The van der Waals surface area contributed by atoms with Gasteiger partial charge in [-0.1, -0.05) is 41.4 Å². The molecule has 6 nitrogen and oxygen atoms in total. The number of likely N-dealkylation sites (tertiary alicyclic amines) is 1. The summed E-state index contributed by atoms with van der Waals surface area (Å²) < 4.78 is 5.76. The second-order valence-corrected chi connectivity index (χ2v) is 9.27. The normalized spacial score (nSPS) is 17.5. The zero-order valence-electron chi connectivity index (χ0n) is 17.1. The van der Waals surface area contributed by atoms with Crippen LogP contribution in [0.25, 0.3) is 6.08 Å². The number of hydrogen-bond donors (Lipinski definition) is 0. The second-order valence-electron chi connectivity index (χ2n) is 7.46. The lowest BCUT2D eigenvalue weighted by molar-refractivity contribution is -0.135. The number of halogens is 2. The van der Waals surface area contributed by atoms with Crippen LogP contribution in [-0.4, -0.2) is 46.5 Å². The van der Waals surface area contributed by atoms with Crippen molar-refractivity contribution in [3.8, 4) is 5.75 Å². The Kier molecular flexibility index (Phi) is 7.08. The Hall–Kier alpha value is -2.48. The molecule has 0 radical (unpaired) electrons. The number of amides is 3. The number of benzene rings is 2. The van der Waals surface area contributed by atoms with Crippen molar-refractivity contribution in [3.05, 3.63) is 68.5 Å². The van der Waals surface area contributed by atoms with Gasteiger partial charge in [0.2, 0.25) is 5.91 Å². The molecule has 0 atom stereocenters. The van der Waals surface area contributed by atoms with E-state index in [9.17, 15) is 14.4 Å². The van der Waals surface area contributed by atoms with Crippen LogP contribution in [0, 0.1) is 0 Å². The minimum atomic E-state index is -0.438. The van der Waals surface area contributed by atoms with Gasteiger partial charge in [0.1, 0.15) is 18.9 Å². The Bertz CT molecular complexity index is 1080. The van der Waals surface area contributed by atoms with Crippen molar-refractivity contribution in [2.24, 2.45) is 0 Å². The molecule has 32 heavy (non-hydrogen) atoms. The van der Waals surface area contributed by atoms with E-state index in [1.165, 1.54) is 0 Å². The maximum atomic E-state index is 12.6. The molecule has 0 bridgehead atoms. The molecule has 3 amide bonds. The summed E-state index contributed by atoms with van der Waals surface area (Å²) in [4.78, 5) is 40.3. The van der Waals surface area contributed by atoms with Gasteiger partial charge in [-0.2, -0.15) is 0 Å². The summed E-state index contributed by atoms with van der Waals surface area (Å²) >= 11 is 12.8. The number of rotatable bonds is 6. The number of carbonyl (C=O) groups excluding carboxylic acids is 3. The van der Waals surface area contributed by atoms with Gasteiger partial charge in [-0.05, 0) is 66.1 Å². The van der Waals surface area contributed by atoms with Gasteiger partial charge in [0.15, 0.2) is 0 Å². The minimum Gasteiger partial charge on any atom is -0.489 e. The van der Waals surface area contributed by atoms with Crippen LogP contribution in [0.5, 0.6) is 5.75 Å². The first-order chi connectivity index (χ1) is 15.4. The van der Waals surface area contributed by atoms with Crippen molar-refractivity contribution in [2.45, 2.75) is 19.4 Å². The Balaban J connectivity index is 1.37. The van der Waals surface area contributed by atoms with E-state index >= 15 is 0 Å². The molecule has 0 N–H and O–H groups in total. The van der Waals surface area contributed by atoms with Crippen LogP contribution in [-0.2, 0) is 16.2 Å². The fourth-order valence-corrected chi connectivity index (χ4v) is 4.60. The highest BCUT2D eigenvalue weighted by molar-refractivity contribution is 8.18. The number of hydrogen-bond acceptors (Lipinski definition) is 5. The summed E-state index contributed by atoms with van der Waals surface area (Å²) in [5, 5.41) is 0.541. The van der Waals surface area contributed by atoms with Crippen molar-refractivity contribution in [2.75, 3.05) is 19.6 Å². The monoisotopic (exact) mass is 490 g/mol. The van der Waals surface area contributed by atoms with E-state index in [1.54, 1.807) is 47.4 Å². The molecule has 2 aromatic carbocycles. The molecule has 0 spiro atoms. The third-order valence-corrected chi connectivity index (χ3v) is 6.84. The fourth-order valence-electron chi connectivity index (χ4n) is 3.45. The summed E-state index contributed by atoms with van der Waals surface area (Å²) in [5.74, 6) is 0.0274. The predicted molar refractivity (Wildman–Crippen MR) is 126 cm³/mol. The van der Waals surface area contributed by atoms with Gasteiger partial charge < -0.3 is 9.64 Å². The number of thioether (sulfide) groups is 1. The Morgan fingerprint density at radius 2 is 1.75 bits per heavy atom. The summed E-state index contributed by atoms with van der Waals surface area (Å²) in [6.45, 7) is 1.50. The van der Waals surface area contributed by atoms with Crippen molar-refractivity contribution in [1.29, 1.82) is 0 Å². The molecule has 2 aliphatic rings. The van der Waals surface area contributed by atoms with Crippen LogP contribution < -0.4 is 4.74 Å². The largest absolute Gasteiger partial charge is 0.489 e. The van der Waals surface area contributed by atoms with Crippen LogP contribution in [0.15, 0.2) is 47.4 Å². The van der Waals surface area contributed by atoms with E-state index in [0.717, 1.165) is 40.6 Å². The number of ether oxygens (including phenoxy) is 1. The topological polar surface area (TPSA) is 66.9 Å². The van der Waals surface area contributed by atoms with Crippen molar-refractivity contribution < 1.29 is 19.1 Å². The van der Waals surface area contributed by atoms with E-state index in [-0.39, 0.29) is 12.5 Å². The molecule has 166 valence electrons. The Labute approximate surface area is 200 Å². The van der Waals surface area contributed by atoms with Crippen molar-refractivity contribution in [1.82, 2.24) is 9.80 Å². The van der Waals surface area contributed by atoms with Crippen LogP contribution in [0.2, 0.25) is 10.0 Å². The summed E-state index contributed by atoms with van der Waals surface area (Å²) in [5.41, 5.74) is 1.64. The lowest BCUT2D eigenvalue weighted by Gasteiger charge is -2.18. The Morgan fingerprint density at radius 3 is 2.44 bits per heavy atom. The SMILES string of the molecule is O=C(CN1C(=O)S/C(=C/c2ccc(OCc3ccc(Cl)c(Cl)c3)cc2)C1=O)N1CCCC1. The van der Waals surface area contributed by atoms with Gasteiger partial charge in [-0.3, -0.25) is 19.3 Å². The first kappa shape index (κ1) is 22.7. The highest BCUT2D eigenvalue weighted by Crippen LogP contribution is 2.32. The molecule has 2 fully saturated rings.